The van der Waals surface area contributed by atoms with Crippen molar-refractivity contribution in [2.75, 3.05) is 16.8 Å². The van der Waals surface area contributed by atoms with Crippen LogP contribution < -0.4 is 21.3 Å². The number of anilines is 2. The lowest BCUT2D eigenvalue weighted by Gasteiger charge is -2.38. The SMILES string of the molecule is Cc1cc(C(N)=O)c(NC(C)CC(F)(F)F)cc1C(=O)NC1CC2CCCN(c3ccc(C(=O)C4CC4)cn3)C2C1. The van der Waals surface area contributed by atoms with Crippen molar-refractivity contribution in [3.8, 4) is 0 Å². The number of carbonyl (C=O) groups is 3. The van der Waals surface area contributed by atoms with Gasteiger partial charge in [0.15, 0.2) is 5.78 Å². The van der Waals surface area contributed by atoms with Crippen LogP contribution >= 0.6 is 0 Å². The zero-order chi connectivity index (χ0) is 29.5. The Morgan fingerprint density at radius 1 is 1.12 bits per heavy atom. The Labute approximate surface area is 237 Å². The molecular formula is C30H36F3N5O3. The van der Waals surface area contributed by atoms with Gasteiger partial charge in [0, 0.05) is 53.6 Å². The summed E-state index contributed by atoms with van der Waals surface area (Å²) in [5.74, 6) is 0.383. The second-order valence-corrected chi connectivity index (χ2v) is 11.8. The molecule has 220 valence electrons. The summed E-state index contributed by atoms with van der Waals surface area (Å²) in [7, 11) is 0. The number of pyridine rings is 1. The highest BCUT2D eigenvalue weighted by Crippen LogP contribution is 2.39. The highest BCUT2D eigenvalue weighted by atomic mass is 19.4. The lowest BCUT2D eigenvalue weighted by Crippen LogP contribution is -2.43. The Morgan fingerprint density at radius 3 is 2.51 bits per heavy atom. The van der Waals surface area contributed by atoms with Crippen molar-refractivity contribution in [3.63, 3.8) is 0 Å². The minimum atomic E-state index is -4.39. The zero-order valence-electron chi connectivity index (χ0n) is 23.3. The lowest BCUT2D eigenvalue weighted by molar-refractivity contribution is -0.136. The first-order valence-corrected chi connectivity index (χ1v) is 14.2. The molecule has 1 aromatic carbocycles. The topological polar surface area (TPSA) is 117 Å². The first kappa shape index (κ1) is 28.9. The van der Waals surface area contributed by atoms with Gasteiger partial charge in [-0.05, 0) is 88.1 Å². The summed E-state index contributed by atoms with van der Waals surface area (Å²) in [5.41, 5.74) is 7.06. The molecule has 2 saturated carbocycles. The van der Waals surface area contributed by atoms with Crippen molar-refractivity contribution < 1.29 is 27.6 Å². The third-order valence-corrected chi connectivity index (χ3v) is 8.46. The molecule has 2 heterocycles. The number of hydrogen-bond donors (Lipinski definition) is 3. The number of Topliss-reactive ketones (excluding diaryl/α,β-unsaturated/α-hetero) is 1. The van der Waals surface area contributed by atoms with Crippen molar-refractivity contribution in [2.45, 2.75) is 83.1 Å². The van der Waals surface area contributed by atoms with Gasteiger partial charge in [-0.2, -0.15) is 13.2 Å². The number of alkyl halides is 3. The number of amides is 2. The van der Waals surface area contributed by atoms with Crippen molar-refractivity contribution in [3.05, 3.63) is 52.7 Å². The number of ketones is 1. The number of hydrogen-bond acceptors (Lipinski definition) is 6. The molecule has 3 fully saturated rings. The van der Waals surface area contributed by atoms with Gasteiger partial charge in [0.2, 0.25) is 0 Å². The molecule has 1 aromatic heterocycles. The summed E-state index contributed by atoms with van der Waals surface area (Å²) in [6.45, 7) is 3.88. The molecule has 11 heteroatoms. The highest BCUT2D eigenvalue weighted by Gasteiger charge is 2.41. The van der Waals surface area contributed by atoms with E-state index in [9.17, 15) is 27.6 Å². The molecule has 2 aliphatic carbocycles. The summed E-state index contributed by atoms with van der Waals surface area (Å²) < 4.78 is 38.7. The van der Waals surface area contributed by atoms with E-state index in [2.05, 4.69) is 20.5 Å². The predicted octanol–water partition coefficient (Wildman–Crippen LogP) is 5.01. The van der Waals surface area contributed by atoms with Gasteiger partial charge < -0.3 is 21.3 Å². The molecule has 0 spiro atoms. The van der Waals surface area contributed by atoms with E-state index in [1.54, 1.807) is 13.1 Å². The molecule has 2 amide bonds. The summed E-state index contributed by atoms with van der Waals surface area (Å²) in [6.07, 6.45) is 1.67. The summed E-state index contributed by atoms with van der Waals surface area (Å²) >= 11 is 0. The van der Waals surface area contributed by atoms with Gasteiger partial charge in [-0.3, -0.25) is 14.4 Å². The third-order valence-electron chi connectivity index (χ3n) is 8.46. The number of aryl methyl sites for hydroxylation is 1. The van der Waals surface area contributed by atoms with E-state index in [0.717, 1.165) is 50.9 Å². The van der Waals surface area contributed by atoms with E-state index >= 15 is 0 Å². The van der Waals surface area contributed by atoms with Gasteiger partial charge in [0.1, 0.15) is 5.82 Å². The molecule has 4 N–H and O–H groups in total. The van der Waals surface area contributed by atoms with Crippen molar-refractivity contribution in [1.82, 2.24) is 10.3 Å². The molecule has 4 atom stereocenters. The van der Waals surface area contributed by atoms with Crippen molar-refractivity contribution in [2.24, 2.45) is 17.6 Å². The number of nitrogens with zero attached hydrogens (tertiary/aromatic N) is 2. The molecular weight excluding hydrogens is 535 g/mol. The van der Waals surface area contributed by atoms with Crippen LogP contribution in [0.2, 0.25) is 0 Å². The molecule has 3 aliphatic rings. The fourth-order valence-corrected chi connectivity index (χ4v) is 6.37. The molecule has 0 bridgehead atoms. The Bertz CT molecular complexity index is 1330. The van der Waals surface area contributed by atoms with Crippen LogP contribution in [-0.4, -0.2) is 53.4 Å². The average Bonchev–Trinajstić information content (AvgIpc) is 3.67. The largest absolute Gasteiger partial charge is 0.391 e. The number of rotatable bonds is 9. The quantitative estimate of drug-likeness (QED) is 0.364. The van der Waals surface area contributed by atoms with E-state index in [4.69, 9.17) is 5.73 Å². The van der Waals surface area contributed by atoms with E-state index in [1.165, 1.54) is 19.1 Å². The minimum Gasteiger partial charge on any atom is -0.382 e. The molecule has 0 radical (unpaired) electrons. The Hall–Kier alpha value is -3.63. The zero-order valence-corrected chi connectivity index (χ0v) is 23.3. The molecule has 8 nitrogen and oxygen atoms in total. The van der Waals surface area contributed by atoms with Crippen LogP contribution in [-0.2, 0) is 0 Å². The van der Waals surface area contributed by atoms with Gasteiger partial charge in [0.05, 0.1) is 12.0 Å². The normalized spacial score (nSPS) is 23.0. The molecule has 2 aromatic rings. The van der Waals surface area contributed by atoms with Crippen LogP contribution in [0.3, 0.4) is 0 Å². The van der Waals surface area contributed by atoms with Crippen LogP contribution in [0.1, 0.15) is 88.5 Å². The van der Waals surface area contributed by atoms with Crippen LogP contribution in [0.15, 0.2) is 30.5 Å². The second-order valence-electron chi connectivity index (χ2n) is 11.8. The fourth-order valence-electron chi connectivity index (χ4n) is 6.37. The number of benzene rings is 1. The number of fused-ring (bicyclic) bond motifs is 1. The number of piperidine rings is 1. The number of primary amides is 1. The number of carbonyl (C=O) groups excluding carboxylic acids is 3. The van der Waals surface area contributed by atoms with Gasteiger partial charge in [-0.25, -0.2) is 4.98 Å². The number of nitrogens with two attached hydrogens (primary N) is 1. The maximum absolute atomic E-state index is 13.4. The Balaban J connectivity index is 1.28. The molecule has 41 heavy (non-hydrogen) atoms. The monoisotopic (exact) mass is 571 g/mol. The minimum absolute atomic E-state index is 0.0351. The molecule has 5 rings (SSSR count). The van der Waals surface area contributed by atoms with Crippen LogP contribution in [0.4, 0.5) is 24.7 Å². The predicted molar refractivity (Wildman–Crippen MR) is 149 cm³/mol. The number of nitrogens with one attached hydrogen (secondary N) is 2. The average molecular weight is 572 g/mol. The summed E-state index contributed by atoms with van der Waals surface area (Å²) in [5, 5.41) is 5.83. The molecule has 4 unspecified atom stereocenters. The van der Waals surface area contributed by atoms with Crippen LogP contribution in [0.25, 0.3) is 0 Å². The van der Waals surface area contributed by atoms with Gasteiger partial charge in [-0.1, -0.05) is 0 Å². The van der Waals surface area contributed by atoms with Crippen LogP contribution in [0.5, 0.6) is 0 Å². The van der Waals surface area contributed by atoms with Gasteiger partial charge in [-0.15, -0.1) is 0 Å². The maximum Gasteiger partial charge on any atom is 0.391 e. The Kier molecular flexibility index (Phi) is 7.98. The number of aromatic nitrogens is 1. The second kappa shape index (κ2) is 11.3. The molecule has 1 saturated heterocycles. The first-order valence-electron chi connectivity index (χ1n) is 14.2. The standard InChI is InChI=1S/C30H36F3N5O3/c1-16-10-23(28(34)40)24(36-17(2)14-30(31,32)33)13-22(16)29(41)37-21-11-19-4-3-9-38(25(19)12-21)26-8-7-20(15-35-26)27(39)18-5-6-18/h7-8,10,13,15,17-19,21,25,36H,3-6,9,11-12,14H2,1-2H3,(H2,34,40)(H,37,41). The van der Waals surface area contributed by atoms with Crippen molar-refractivity contribution >= 4 is 29.1 Å². The van der Waals surface area contributed by atoms with E-state index < -0.39 is 24.5 Å². The van der Waals surface area contributed by atoms with Gasteiger partial charge in [0.25, 0.3) is 11.8 Å². The maximum atomic E-state index is 13.4. The van der Waals surface area contributed by atoms with Crippen LogP contribution in [0, 0.1) is 18.8 Å². The lowest BCUT2D eigenvalue weighted by atomic mass is 9.92. The van der Waals surface area contributed by atoms with E-state index in [1.807, 2.05) is 12.1 Å². The smallest absolute Gasteiger partial charge is 0.382 e. The first-order chi connectivity index (χ1) is 19.4. The van der Waals surface area contributed by atoms with E-state index in [0.29, 0.717) is 17.0 Å². The third kappa shape index (κ3) is 6.65. The summed E-state index contributed by atoms with van der Waals surface area (Å²) in [6, 6.07) is 5.72. The number of halogens is 3. The van der Waals surface area contributed by atoms with E-state index in [-0.39, 0.29) is 46.5 Å². The van der Waals surface area contributed by atoms with Crippen molar-refractivity contribution in [1.29, 1.82) is 0 Å². The highest BCUT2D eigenvalue weighted by molar-refractivity contribution is 6.03. The Morgan fingerprint density at radius 2 is 1.88 bits per heavy atom. The fraction of sp³-hybridized carbons (Fsp3) is 0.533. The molecule has 1 aliphatic heterocycles. The van der Waals surface area contributed by atoms with Gasteiger partial charge >= 0.3 is 6.18 Å². The summed E-state index contributed by atoms with van der Waals surface area (Å²) in [4.78, 5) is 44.7.